The molecule has 0 radical (unpaired) electrons. The van der Waals surface area contributed by atoms with Gasteiger partial charge in [0, 0.05) is 22.2 Å². The number of hydrogen-bond acceptors (Lipinski definition) is 5. The Balaban J connectivity index is 1.53. The van der Waals surface area contributed by atoms with Crippen LogP contribution in [0.15, 0.2) is 77.8 Å². The number of ether oxygens (including phenoxy) is 1. The highest BCUT2D eigenvalue weighted by molar-refractivity contribution is 14.1. The molecule has 3 aromatic rings. The number of nitrogens with zero attached hydrogens (tertiary/aromatic N) is 2. The molecule has 1 fully saturated rings. The Morgan fingerprint density at radius 3 is 2.46 bits per heavy atom. The van der Waals surface area contributed by atoms with Crippen molar-refractivity contribution in [1.82, 2.24) is 4.90 Å². The molecule has 0 bridgehead atoms. The van der Waals surface area contributed by atoms with Crippen molar-refractivity contribution in [3.05, 3.63) is 87.7 Å². The summed E-state index contributed by atoms with van der Waals surface area (Å²) < 4.78 is 19.6. The SMILES string of the molecule is COc1ccc(CCN2C(=O)C[C@@H](C(=O)Nc3ccc(I)cc3)SC2=Nc2ccc(F)cc2)cc1. The number of hydrogen-bond donors (Lipinski definition) is 1. The van der Waals surface area contributed by atoms with Crippen LogP contribution in [0.1, 0.15) is 12.0 Å². The quantitative estimate of drug-likeness (QED) is 0.355. The molecular formula is C26H23FIN3O3S. The Kier molecular flexibility index (Phi) is 8.40. The Hall–Kier alpha value is -2.92. The van der Waals surface area contributed by atoms with Crippen molar-refractivity contribution in [2.75, 3.05) is 19.0 Å². The predicted octanol–water partition coefficient (Wildman–Crippen LogP) is 5.64. The van der Waals surface area contributed by atoms with Crippen LogP contribution in [-0.2, 0) is 16.0 Å². The molecular weight excluding hydrogens is 580 g/mol. The van der Waals surface area contributed by atoms with Gasteiger partial charge < -0.3 is 10.1 Å². The fourth-order valence-electron chi connectivity index (χ4n) is 3.48. The molecule has 6 nitrogen and oxygen atoms in total. The van der Waals surface area contributed by atoms with Crippen LogP contribution in [-0.4, -0.2) is 40.8 Å². The highest BCUT2D eigenvalue weighted by atomic mass is 127. The monoisotopic (exact) mass is 603 g/mol. The zero-order valence-electron chi connectivity index (χ0n) is 18.9. The van der Waals surface area contributed by atoms with Gasteiger partial charge in [-0.3, -0.25) is 14.5 Å². The molecule has 0 aliphatic carbocycles. The lowest BCUT2D eigenvalue weighted by atomic mass is 10.1. The lowest BCUT2D eigenvalue weighted by molar-refractivity contribution is -0.129. The average Bonchev–Trinajstić information content (AvgIpc) is 2.86. The molecule has 3 aromatic carbocycles. The van der Waals surface area contributed by atoms with E-state index in [-0.39, 0.29) is 24.1 Å². The van der Waals surface area contributed by atoms with Gasteiger partial charge in [0.2, 0.25) is 11.8 Å². The van der Waals surface area contributed by atoms with Crippen LogP contribution in [0.25, 0.3) is 0 Å². The number of halogens is 2. The van der Waals surface area contributed by atoms with E-state index in [1.54, 1.807) is 24.1 Å². The fourth-order valence-corrected chi connectivity index (χ4v) is 4.96. The second-order valence-electron chi connectivity index (χ2n) is 7.82. The molecule has 0 aromatic heterocycles. The minimum Gasteiger partial charge on any atom is -0.497 e. The number of carbonyl (C=O) groups excluding carboxylic acids is 2. The predicted molar refractivity (Wildman–Crippen MR) is 146 cm³/mol. The summed E-state index contributed by atoms with van der Waals surface area (Å²) >= 11 is 3.44. The summed E-state index contributed by atoms with van der Waals surface area (Å²) in [5, 5.41) is 2.68. The van der Waals surface area contributed by atoms with Gasteiger partial charge in [0.05, 0.1) is 12.8 Å². The van der Waals surface area contributed by atoms with Gasteiger partial charge >= 0.3 is 0 Å². The number of anilines is 1. The smallest absolute Gasteiger partial charge is 0.238 e. The fraction of sp³-hybridized carbons (Fsp3) is 0.192. The second kappa shape index (κ2) is 11.7. The molecule has 4 rings (SSSR count). The van der Waals surface area contributed by atoms with Crippen molar-refractivity contribution in [2.45, 2.75) is 18.1 Å². The van der Waals surface area contributed by atoms with Crippen LogP contribution in [0.5, 0.6) is 5.75 Å². The van der Waals surface area contributed by atoms with E-state index in [1.807, 2.05) is 48.5 Å². The zero-order chi connectivity index (χ0) is 24.8. The first-order chi connectivity index (χ1) is 16.9. The van der Waals surface area contributed by atoms with E-state index in [4.69, 9.17) is 4.74 Å². The van der Waals surface area contributed by atoms with E-state index >= 15 is 0 Å². The normalized spacial score (nSPS) is 16.9. The van der Waals surface area contributed by atoms with Gasteiger partial charge in [-0.1, -0.05) is 23.9 Å². The van der Waals surface area contributed by atoms with Crippen molar-refractivity contribution < 1.29 is 18.7 Å². The summed E-state index contributed by atoms with van der Waals surface area (Å²) in [6, 6.07) is 20.8. The van der Waals surface area contributed by atoms with Crippen LogP contribution < -0.4 is 10.1 Å². The molecule has 35 heavy (non-hydrogen) atoms. The summed E-state index contributed by atoms with van der Waals surface area (Å²) in [4.78, 5) is 32.3. The molecule has 1 aliphatic heterocycles. The van der Waals surface area contributed by atoms with E-state index in [2.05, 4.69) is 32.9 Å². The summed E-state index contributed by atoms with van der Waals surface area (Å²) in [5.74, 6) is -0.0431. The summed E-state index contributed by atoms with van der Waals surface area (Å²) in [6.07, 6.45) is 0.671. The molecule has 1 N–H and O–H groups in total. The first-order valence-corrected chi connectivity index (χ1v) is 12.9. The van der Waals surface area contributed by atoms with Gasteiger partial charge in [0.15, 0.2) is 5.17 Å². The molecule has 1 atom stereocenters. The van der Waals surface area contributed by atoms with E-state index < -0.39 is 5.25 Å². The molecule has 180 valence electrons. The number of thioether (sulfide) groups is 1. The zero-order valence-corrected chi connectivity index (χ0v) is 21.9. The van der Waals surface area contributed by atoms with E-state index in [9.17, 15) is 14.0 Å². The van der Waals surface area contributed by atoms with E-state index in [0.717, 1.165) is 14.9 Å². The molecule has 1 heterocycles. The minimum atomic E-state index is -0.627. The standard InChI is InChI=1S/C26H23FIN3O3S/c1-34-22-12-2-17(3-13-22)14-15-31-24(32)16-23(25(33)29-20-10-6-19(28)7-11-20)35-26(31)30-21-8-4-18(27)5-9-21/h2-13,23H,14-16H2,1H3,(H,29,33)/t23-/m0/s1. The van der Waals surface area contributed by atoms with Gasteiger partial charge in [-0.15, -0.1) is 0 Å². The number of methoxy groups -OCH3 is 1. The van der Waals surface area contributed by atoms with E-state index in [0.29, 0.717) is 29.5 Å². The summed E-state index contributed by atoms with van der Waals surface area (Å²) in [5.41, 5.74) is 2.22. The van der Waals surface area contributed by atoms with Crippen molar-refractivity contribution in [2.24, 2.45) is 4.99 Å². The van der Waals surface area contributed by atoms with Crippen molar-refractivity contribution in [1.29, 1.82) is 0 Å². The molecule has 1 saturated heterocycles. The molecule has 1 aliphatic rings. The van der Waals surface area contributed by atoms with Crippen LogP contribution in [0, 0.1) is 9.39 Å². The highest BCUT2D eigenvalue weighted by Crippen LogP contribution is 2.30. The van der Waals surface area contributed by atoms with Gasteiger partial charge in [-0.05, 0) is 95.2 Å². The Morgan fingerprint density at radius 2 is 1.80 bits per heavy atom. The van der Waals surface area contributed by atoms with Gasteiger partial charge in [0.1, 0.15) is 16.8 Å². The van der Waals surface area contributed by atoms with Gasteiger partial charge in [-0.25, -0.2) is 9.38 Å². The van der Waals surface area contributed by atoms with E-state index in [1.165, 1.54) is 23.9 Å². The van der Waals surface area contributed by atoms with Crippen LogP contribution in [0.2, 0.25) is 0 Å². The molecule has 2 amide bonds. The third kappa shape index (κ3) is 6.82. The number of carbonyl (C=O) groups is 2. The molecule has 0 unspecified atom stereocenters. The van der Waals surface area contributed by atoms with Crippen LogP contribution in [0.3, 0.4) is 0 Å². The highest BCUT2D eigenvalue weighted by Gasteiger charge is 2.35. The Morgan fingerprint density at radius 1 is 1.11 bits per heavy atom. The molecule has 9 heteroatoms. The number of aliphatic imine (C=N–C) groups is 1. The second-order valence-corrected chi connectivity index (χ2v) is 10.2. The maximum atomic E-state index is 13.4. The van der Waals surface area contributed by atoms with Gasteiger partial charge in [-0.2, -0.15) is 0 Å². The minimum absolute atomic E-state index is 0.0614. The first kappa shape index (κ1) is 25.2. The number of amides is 2. The maximum absolute atomic E-state index is 13.4. The van der Waals surface area contributed by atoms with Gasteiger partial charge in [0.25, 0.3) is 0 Å². The third-order valence-electron chi connectivity index (χ3n) is 5.38. The molecule has 0 saturated carbocycles. The first-order valence-electron chi connectivity index (χ1n) is 10.9. The topological polar surface area (TPSA) is 71.0 Å². The van der Waals surface area contributed by atoms with Crippen molar-refractivity contribution in [3.8, 4) is 5.75 Å². The lowest BCUT2D eigenvalue weighted by Crippen LogP contribution is -2.46. The number of rotatable bonds is 7. The number of nitrogens with one attached hydrogen (secondary N) is 1. The third-order valence-corrected chi connectivity index (χ3v) is 7.29. The Bertz CT molecular complexity index is 1220. The maximum Gasteiger partial charge on any atom is 0.238 e. The van der Waals surface area contributed by atoms with Crippen molar-refractivity contribution >= 4 is 62.7 Å². The average molecular weight is 603 g/mol. The number of amidine groups is 1. The van der Waals surface area contributed by atoms with Crippen molar-refractivity contribution in [3.63, 3.8) is 0 Å². The summed E-state index contributed by atoms with van der Waals surface area (Å²) in [6.45, 7) is 0.406. The largest absolute Gasteiger partial charge is 0.497 e. The number of benzene rings is 3. The lowest BCUT2D eigenvalue weighted by Gasteiger charge is -2.32. The van der Waals surface area contributed by atoms with Crippen LogP contribution >= 0.6 is 34.4 Å². The Labute approximate surface area is 221 Å². The molecule has 0 spiro atoms. The van der Waals surface area contributed by atoms with Crippen LogP contribution in [0.4, 0.5) is 15.8 Å². The summed E-state index contributed by atoms with van der Waals surface area (Å²) in [7, 11) is 1.61.